The number of halogens is 2. The number of sulfonamides is 1. The van der Waals surface area contributed by atoms with Crippen molar-refractivity contribution in [3.63, 3.8) is 0 Å². The predicted molar refractivity (Wildman–Crippen MR) is 70.2 cm³/mol. The molecule has 0 aromatic heterocycles. The first kappa shape index (κ1) is 14.7. The van der Waals surface area contributed by atoms with Crippen LogP contribution in [-0.4, -0.2) is 27.7 Å². The van der Waals surface area contributed by atoms with E-state index >= 15 is 0 Å². The highest BCUT2D eigenvalue weighted by Gasteiger charge is 2.20. The summed E-state index contributed by atoms with van der Waals surface area (Å²) in [5.74, 6) is -0.566. The molecule has 19 heavy (non-hydrogen) atoms. The van der Waals surface area contributed by atoms with E-state index in [2.05, 4.69) is 4.72 Å². The van der Waals surface area contributed by atoms with Gasteiger partial charge in [-0.3, -0.25) is 0 Å². The van der Waals surface area contributed by atoms with E-state index in [0.29, 0.717) is 6.42 Å². The molecule has 4 nitrogen and oxygen atoms in total. The molecule has 7 heteroatoms. The van der Waals surface area contributed by atoms with Crippen LogP contribution in [0.2, 0.25) is 5.02 Å². The third-order valence-corrected chi connectivity index (χ3v) is 4.91. The minimum atomic E-state index is -3.70. The summed E-state index contributed by atoms with van der Waals surface area (Å²) in [5.41, 5.74) is 0. The molecule has 0 radical (unpaired) electrons. The van der Waals surface area contributed by atoms with Gasteiger partial charge in [0.05, 0.1) is 11.1 Å². The van der Waals surface area contributed by atoms with E-state index in [0.717, 1.165) is 37.6 Å². The lowest BCUT2D eigenvalue weighted by molar-refractivity contribution is 0.105. The first-order chi connectivity index (χ1) is 8.99. The third-order valence-electron chi connectivity index (χ3n) is 2.97. The second-order valence-corrected chi connectivity index (χ2v) is 6.54. The molecule has 0 saturated carbocycles. The molecule has 1 fully saturated rings. The van der Waals surface area contributed by atoms with Gasteiger partial charge < -0.3 is 4.74 Å². The fraction of sp³-hybridized carbons (Fsp3) is 0.500. The molecule has 2 rings (SSSR count). The average molecular weight is 308 g/mol. The maximum absolute atomic E-state index is 12.9. The van der Waals surface area contributed by atoms with Gasteiger partial charge in [0.15, 0.2) is 0 Å². The van der Waals surface area contributed by atoms with Gasteiger partial charge in [-0.15, -0.1) is 0 Å². The summed E-state index contributed by atoms with van der Waals surface area (Å²) in [7, 11) is -3.70. The summed E-state index contributed by atoms with van der Waals surface area (Å²) < 4.78 is 44.7. The van der Waals surface area contributed by atoms with Gasteiger partial charge in [-0.05, 0) is 37.5 Å². The van der Waals surface area contributed by atoms with Crippen molar-refractivity contribution in [3.8, 4) is 0 Å². The van der Waals surface area contributed by atoms with Gasteiger partial charge in [0.2, 0.25) is 10.0 Å². The van der Waals surface area contributed by atoms with Crippen LogP contribution in [0.5, 0.6) is 0 Å². The summed E-state index contributed by atoms with van der Waals surface area (Å²) >= 11 is 5.74. The maximum Gasteiger partial charge on any atom is 0.242 e. The first-order valence-electron chi connectivity index (χ1n) is 6.05. The molecular weight excluding hydrogens is 293 g/mol. The lowest BCUT2D eigenvalue weighted by Crippen LogP contribution is -2.27. The normalized spacial score (nSPS) is 19.8. The minimum absolute atomic E-state index is 0.108. The van der Waals surface area contributed by atoms with Crippen molar-refractivity contribution in [1.29, 1.82) is 0 Å². The highest BCUT2D eigenvalue weighted by molar-refractivity contribution is 7.89. The Balaban J connectivity index is 1.97. The molecule has 1 aromatic carbocycles. The number of nitrogens with one attached hydrogen (secondary N) is 1. The highest BCUT2D eigenvalue weighted by atomic mass is 35.5. The molecule has 106 valence electrons. The third kappa shape index (κ3) is 3.89. The van der Waals surface area contributed by atoms with Crippen LogP contribution in [0.15, 0.2) is 23.1 Å². The van der Waals surface area contributed by atoms with E-state index in [9.17, 15) is 12.8 Å². The van der Waals surface area contributed by atoms with E-state index in [1.165, 1.54) is 0 Å². The highest BCUT2D eigenvalue weighted by Crippen LogP contribution is 2.22. The largest absolute Gasteiger partial charge is 0.378 e. The van der Waals surface area contributed by atoms with Gasteiger partial charge in [0, 0.05) is 13.2 Å². The Kier molecular flexibility index (Phi) is 4.78. The summed E-state index contributed by atoms with van der Waals surface area (Å²) in [6.45, 7) is 1.02. The molecule has 0 bridgehead atoms. The van der Waals surface area contributed by atoms with Crippen LogP contribution < -0.4 is 4.72 Å². The van der Waals surface area contributed by atoms with Crippen LogP contribution >= 0.6 is 11.6 Å². The number of hydrogen-bond acceptors (Lipinski definition) is 3. The van der Waals surface area contributed by atoms with Crippen molar-refractivity contribution in [2.45, 2.75) is 30.3 Å². The molecule has 1 heterocycles. The van der Waals surface area contributed by atoms with Crippen molar-refractivity contribution in [1.82, 2.24) is 4.72 Å². The summed E-state index contributed by atoms with van der Waals surface area (Å²) in [6, 6.07) is 3.21. The zero-order valence-electron chi connectivity index (χ0n) is 10.2. The molecule has 0 spiro atoms. The van der Waals surface area contributed by atoms with E-state index in [-0.39, 0.29) is 22.6 Å². The molecule has 0 unspecified atom stereocenters. The molecule has 1 saturated heterocycles. The quantitative estimate of drug-likeness (QED) is 0.908. The van der Waals surface area contributed by atoms with Crippen LogP contribution in [-0.2, 0) is 14.8 Å². The van der Waals surface area contributed by atoms with Crippen LogP contribution in [0.25, 0.3) is 0 Å². The van der Waals surface area contributed by atoms with Gasteiger partial charge in [0.25, 0.3) is 0 Å². The molecule has 1 aromatic rings. The van der Waals surface area contributed by atoms with Gasteiger partial charge in [-0.1, -0.05) is 11.6 Å². The lowest BCUT2D eigenvalue weighted by Gasteiger charge is -2.11. The number of ether oxygens (including phenoxy) is 1. The van der Waals surface area contributed by atoms with Crippen molar-refractivity contribution in [2.75, 3.05) is 13.2 Å². The van der Waals surface area contributed by atoms with E-state index in [4.69, 9.17) is 16.3 Å². The molecular formula is C12H15ClFNO3S. The van der Waals surface area contributed by atoms with Crippen LogP contribution in [0.3, 0.4) is 0 Å². The molecule has 0 amide bonds. The van der Waals surface area contributed by atoms with Gasteiger partial charge >= 0.3 is 0 Å². The Morgan fingerprint density at radius 2 is 2.26 bits per heavy atom. The molecule has 1 N–H and O–H groups in total. The molecule has 1 atom stereocenters. The second kappa shape index (κ2) is 6.17. The van der Waals surface area contributed by atoms with Crippen molar-refractivity contribution in [3.05, 3.63) is 29.0 Å². The zero-order chi connectivity index (χ0) is 13.9. The fourth-order valence-corrected chi connectivity index (χ4v) is 3.57. The standard InChI is InChI=1S/C12H15ClFNO3S/c13-11-8-9(14)3-4-12(11)19(16,17)15-6-5-10-2-1-7-18-10/h3-4,8,10,15H,1-2,5-7H2/t10-/m0/s1. The minimum Gasteiger partial charge on any atom is -0.378 e. The summed E-state index contributed by atoms with van der Waals surface area (Å²) in [5, 5.41) is -0.121. The Hall–Kier alpha value is -0.690. The Morgan fingerprint density at radius 3 is 2.89 bits per heavy atom. The number of hydrogen-bond donors (Lipinski definition) is 1. The lowest BCUT2D eigenvalue weighted by atomic mass is 10.2. The molecule has 0 aliphatic carbocycles. The van der Waals surface area contributed by atoms with Crippen LogP contribution in [0.4, 0.5) is 4.39 Å². The maximum atomic E-state index is 12.9. The first-order valence-corrected chi connectivity index (χ1v) is 7.91. The van der Waals surface area contributed by atoms with Crippen LogP contribution in [0.1, 0.15) is 19.3 Å². The van der Waals surface area contributed by atoms with E-state index < -0.39 is 15.8 Å². The topological polar surface area (TPSA) is 55.4 Å². The van der Waals surface area contributed by atoms with Crippen molar-refractivity contribution in [2.24, 2.45) is 0 Å². The van der Waals surface area contributed by atoms with E-state index in [1.807, 2.05) is 0 Å². The van der Waals surface area contributed by atoms with Gasteiger partial charge in [-0.25, -0.2) is 17.5 Å². The van der Waals surface area contributed by atoms with Crippen LogP contribution in [0, 0.1) is 5.82 Å². The predicted octanol–water partition coefficient (Wildman–Crippen LogP) is 2.33. The number of rotatable bonds is 5. The smallest absolute Gasteiger partial charge is 0.242 e. The molecule has 1 aliphatic rings. The van der Waals surface area contributed by atoms with Crippen molar-refractivity contribution < 1.29 is 17.5 Å². The molecule has 1 aliphatic heterocycles. The Bertz CT molecular complexity index is 544. The summed E-state index contributed by atoms with van der Waals surface area (Å²) in [4.78, 5) is -0.108. The monoisotopic (exact) mass is 307 g/mol. The zero-order valence-corrected chi connectivity index (χ0v) is 11.8. The van der Waals surface area contributed by atoms with Crippen molar-refractivity contribution >= 4 is 21.6 Å². The van der Waals surface area contributed by atoms with E-state index in [1.54, 1.807) is 0 Å². The summed E-state index contributed by atoms with van der Waals surface area (Å²) in [6.07, 6.45) is 2.71. The number of benzene rings is 1. The second-order valence-electron chi connectivity index (χ2n) is 4.40. The average Bonchev–Trinajstić information content (AvgIpc) is 2.81. The van der Waals surface area contributed by atoms with Gasteiger partial charge in [0.1, 0.15) is 10.7 Å². The SMILES string of the molecule is O=S(=O)(NCC[C@@H]1CCCO1)c1ccc(F)cc1Cl. The Labute approximate surface area is 117 Å². The fourth-order valence-electron chi connectivity index (χ4n) is 2.00. The van der Waals surface area contributed by atoms with Gasteiger partial charge in [-0.2, -0.15) is 0 Å². The Morgan fingerprint density at radius 1 is 1.47 bits per heavy atom.